The molecule has 0 saturated carbocycles. The molecule has 1 aromatic carbocycles. The smallest absolute Gasteiger partial charge is 0.319 e. The largest absolute Gasteiger partial charge is 0.462 e. The van der Waals surface area contributed by atoms with Gasteiger partial charge in [-0.05, 0) is 44.6 Å². The summed E-state index contributed by atoms with van der Waals surface area (Å²) in [4.78, 5) is 31.2. The van der Waals surface area contributed by atoms with Crippen LogP contribution in [-0.4, -0.2) is 83.1 Å². The van der Waals surface area contributed by atoms with E-state index in [0.29, 0.717) is 44.0 Å². The summed E-state index contributed by atoms with van der Waals surface area (Å²) >= 11 is 0. The van der Waals surface area contributed by atoms with Crippen molar-refractivity contribution in [2.45, 2.75) is 18.9 Å². The first-order chi connectivity index (χ1) is 17.5. The molecule has 5 rings (SSSR count). The number of nitrogens with zero attached hydrogens (tertiary/aromatic N) is 6. The van der Waals surface area contributed by atoms with E-state index in [2.05, 4.69) is 26.4 Å². The maximum absolute atomic E-state index is 15.8. The molecule has 0 N–H and O–H groups in total. The van der Waals surface area contributed by atoms with Gasteiger partial charge in [-0.15, -0.1) is 0 Å². The summed E-state index contributed by atoms with van der Waals surface area (Å²) in [5.74, 6) is -0.952. The van der Waals surface area contributed by atoms with Crippen LogP contribution in [0.5, 0.6) is 6.01 Å². The van der Waals surface area contributed by atoms with E-state index in [1.807, 2.05) is 11.9 Å². The number of rotatable bonds is 6. The lowest BCUT2D eigenvalue weighted by Gasteiger charge is -2.35. The Kier molecular flexibility index (Phi) is 6.77. The van der Waals surface area contributed by atoms with Crippen LogP contribution in [0.25, 0.3) is 22.2 Å². The number of hydrogen-bond acceptors (Lipinski definition) is 7. The van der Waals surface area contributed by atoms with E-state index in [-0.39, 0.29) is 34.7 Å². The molecule has 1 amide bonds. The Morgan fingerprint density at radius 3 is 2.64 bits per heavy atom. The quantitative estimate of drug-likeness (QED) is 0.487. The molecule has 2 saturated heterocycles. The van der Waals surface area contributed by atoms with Crippen molar-refractivity contribution in [3.05, 3.63) is 54.8 Å². The highest BCUT2D eigenvalue weighted by atomic mass is 19.1. The van der Waals surface area contributed by atoms with E-state index >= 15 is 4.39 Å². The number of anilines is 1. The number of fused-ring (bicyclic) bond motifs is 1. The Morgan fingerprint density at radius 1 is 1.17 bits per heavy atom. The van der Waals surface area contributed by atoms with Crippen molar-refractivity contribution in [2.75, 3.05) is 51.3 Å². The van der Waals surface area contributed by atoms with Crippen molar-refractivity contribution in [3.8, 4) is 17.3 Å². The third kappa shape index (κ3) is 4.60. The van der Waals surface area contributed by atoms with Gasteiger partial charge in [0.15, 0.2) is 5.82 Å². The molecule has 0 radical (unpaired) electrons. The van der Waals surface area contributed by atoms with Gasteiger partial charge in [0.2, 0.25) is 5.91 Å². The van der Waals surface area contributed by atoms with Crippen LogP contribution in [0.4, 0.5) is 14.6 Å². The van der Waals surface area contributed by atoms with Gasteiger partial charge in [-0.3, -0.25) is 9.78 Å². The van der Waals surface area contributed by atoms with Gasteiger partial charge in [-0.2, -0.15) is 9.97 Å². The first-order valence-corrected chi connectivity index (χ1v) is 12.1. The second kappa shape index (κ2) is 10.1. The van der Waals surface area contributed by atoms with E-state index in [1.165, 1.54) is 24.4 Å². The normalized spacial score (nSPS) is 18.6. The monoisotopic (exact) mass is 494 g/mol. The number of ether oxygens (including phenoxy) is 1. The number of halogens is 2. The Bertz CT molecular complexity index is 1290. The summed E-state index contributed by atoms with van der Waals surface area (Å²) in [6.07, 6.45) is 4.87. The number of pyridine rings is 1. The van der Waals surface area contributed by atoms with E-state index in [0.717, 1.165) is 19.4 Å². The number of likely N-dealkylation sites (N-methyl/N-ethyl adjacent to an activating group) is 1. The number of benzene rings is 1. The summed E-state index contributed by atoms with van der Waals surface area (Å²) in [7, 11) is 2.05. The van der Waals surface area contributed by atoms with Crippen molar-refractivity contribution in [1.82, 2.24) is 24.8 Å². The predicted octanol–water partition coefficient (Wildman–Crippen LogP) is 3.28. The molecule has 2 aromatic heterocycles. The summed E-state index contributed by atoms with van der Waals surface area (Å²) in [5.41, 5.74) is -0.0376. The standard InChI is InChI=1S/C26H28F2N6O2/c1-3-21(35)33-11-13-34(14-12-33)25-19-15-29-23(18-8-4-5-9-20(18)27)22(28)24(19)30-26(31-25)36-16-17-7-6-10-32(17)2/h3-5,8-9,15,17H,1,6-7,10-14,16H2,2H3/t17-/m0/s1. The third-order valence-electron chi connectivity index (χ3n) is 6.91. The van der Waals surface area contributed by atoms with Gasteiger partial charge >= 0.3 is 6.01 Å². The number of aromatic nitrogens is 3. The molecule has 0 bridgehead atoms. The molecular weight excluding hydrogens is 466 g/mol. The zero-order chi connectivity index (χ0) is 25.2. The summed E-state index contributed by atoms with van der Waals surface area (Å²) in [6.45, 7) is 6.87. The summed E-state index contributed by atoms with van der Waals surface area (Å²) < 4.78 is 36.2. The van der Waals surface area contributed by atoms with E-state index in [1.54, 1.807) is 17.0 Å². The zero-order valence-electron chi connectivity index (χ0n) is 20.2. The van der Waals surface area contributed by atoms with Gasteiger partial charge in [-0.1, -0.05) is 18.7 Å². The minimum atomic E-state index is -0.732. The van der Waals surface area contributed by atoms with E-state index < -0.39 is 11.6 Å². The highest BCUT2D eigenvalue weighted by Crippen LogP contribution is 2.33. The molecule has 2 aliphatic rings. The number of hydrogen-bond donors (Lipinski definition) is 0. The van der Waals surface area contributed by atoms with Crippen LogP contribution in [0.1, 0.15) is 12.8 Å². The second-order valence-electron chi connectivity index (χ2n) is 9.10. The van der Waals surface area contributed by atoms with Gasteiger partial charge in [0.25, 0.3) is 0 Å². The van der Waals surface area contributed by atoms with Crippen LogP contribution in [0.3, 0.4) is 0 Å². The molecule has 0 aliphatic carbocycles. The maximum atomic E-state index is 15.8. The van der Waals surface area contributed by atoms with Crippen molar-refractivity contribution < 1.29 is 18.3 Å². The SMILES string of the molecule is C=CC(=O)N1CCN(c2nc(OC[C@@H]3CCCN3C)nc3c(F)c(-c4ccccc4F)ncc23)CC1. The van der Waals surface area contributed by atoms with Crippen LogP contribution in [0.15, 0.2) is 43.1 Å². The Morgan fingerprint density at radius 2 is 1.94 bits per heavy atom. The molecule has 1 atom stereocenters. The average molecular weight is 495 g/mol. The van der Waals surface area contributed by atoms with Crippen LogP contribution in [0, 0.1) is 11.6 Å². The second-order valence-corrected chi connectivity index (χ2v) is 9.10. The zero-order valence-corrected chi connectivity index (χ0v) is 20.2. The van der Waals surface area contributed by atoms with Crippen LogP contribution in [0.2, 0.25) is 0 Å². The lowest BCUT2D eigenvalue weighted by Crippen LogP contribution is -2.48. The topological polar surface area (TPSA) is 74.7 Å². The van der Waals surface area contributed by atoms with Gasteiger partial charge < -0.3 is 19.4 Å². The first kappa shape index (κ1) is 24.1. The fraction of sp³-hybridized carbons (Fsp3) is 0.385. The van der Waals surface area contributed by atoms with Gasteiger partial charge in [0, 0.05) is 44.0 Å². The molecule has 2 fully saturated rings. The van der Waals surface area contributed by atoms with Crippen LogP contribution in [-0.2, 0) is 4.79 Å². The summed E-state index contributed by atoms with van der Waals surface area (Å²) in [5, 5.41) is 0.404. The Balaban J connectivity index is 1.54. The van der Waals surface area contributed by atoms with Gasteiger partial charge in [-0.25, -0.2) is 8.78 Å². The fourth-order valence-corrected chi connectivity index (χ4v) is 4.80. The third-order valence-corrected chi connectivity index (χ3v) is 6.91. The number of amides is 1. The molecule has 0 unspecified atom stereocenters. The lowest BCUT2D eigenvalue weighted by molar-refractivity contribution is -0.126. The predicted molar refractivity (Wildman–Crippen MR) is 133 cm³/mol. The molecule has 36 heavy (non-hydrogen) atoms. The highest BCUT2D eigenvalue weighted by molar-refractivity contribution is 5.92. The summed E-state index contributed by atoms with van der Waals surface area (Å²) in [6, 6.07) is 6.22. The van der Waals surface area contributed by atoms with Crippen molar-refractivity contribution in [3.63, 3.8) is 0 Å². The molecule has 8 nitrogen and oxygen atoms in total. The number of carbonyl (C=O) groups excluding carboxylic acids is 1. The van der Waals surface area contributed by atoms with Gasteiger partial charge in [0.1, 0.15) is 29.5 Å². The van der Waals surface area contributed by atoms with E-state index in [4.69, 9.17) is 4.74 Å². The van der Waals surface area contributed by atoms with Crippen LogP contribution < -0.4 is 9.64 Å². The minimum absolute atomic E-state index is 0.0210. The van der Waals surface area contributed by atoms with Crippen molar-refractivity contribution >= 4 is 22.6 Å². The van der Waals surface area contributed by atoms with E-state index in [9.17, 15) is 9.18 Å². The lowest BCUT2D eigenvalue weighted by atomic mass is 10.1. The minimum Gasteiger partial charge on any atom is -0.462 e. The molecule has 4 heterocycles. The molecule has 2 aliphatic heterocycles. The maximum Gasteiger partial charge on any atom is 0.319 e. The average Bonchev–Trinajstić information content (AvgIpc) is 3.32. The first-order valence-electron chi connectivity index (χ1n) is 12.1. The molecule has 188 valence electrons. The molecular formula is C26H28F2N6O2. The fourth-order valence-electron chi connectivity index (χ4n) is 4.80. The highest BCUT2D eigenvalue weighted by Gasteiger charge is 2.27. The van der Waals surface area contributed by atoms with Gasteiger partial charge in [0.05, 0.1) is 5.39 Å². The number of piperazine rings is 1. The number of carbonyl (C=O) groups is 1. The molecule has 10 heteroatoms. The molecule has 0 spiro atoms. The van der Waals surface area contributed by atoms with Crippen molar-refractivity contribution in [2.24, 2.45) is 0 Å². The Labute approximate surface area is 208 Å². The molecule has 3 aromatic rings. The Hall–Kier alpha value is -3.66. The van der Waals surface area contributed by atoms with Crippen molar-refractivity contribution in [1.29, 1.82) is 0 Å². The number of likely N-dealkylation sites (tertiary alicyclic amines) is 1. The van der Waals surface area contributed by atoms with Crippen LogP contribution >= 0.6 is 0 Å².